The number of nitrogens with zero attached hydrogens (tertiary/aromatic N) is 1. The molecule has 1 heterocycles. The molecule has 10 heteroatoms. The molecule has 0 aliphatic carbocycles. The Kier molecular flexibility index (Phi) is 4.27. The second kappa shape index (κ2) is 5.52. The van der Waals surface area contributed by atoms with Crippen molar-refractivity contribution in [3.8, 4) is 0 Å². The molecule has 0 bridgehead atoms. The quantitative estimate of drug-likeness (QED) is 0.441. The summed E-state index contributed by atoms with van der Waals surface area (Å²) in [6.45, 7) is 0.333. The molecule has 1 atom stereocenters. The number of hydrogen-bond donors (Lipinski definition) is 4. The summed E-state index contributed by atoms with van der Waals surface area (Å²) in [7, 11) is 0. The van der Waals surface area contributed by atoms with Crippen LogP contribution >= 0.6 is 0 Å². The molecular formula is C9H12N2O8. The highest BCUT2D eigenvalue weighted by molar-refractivity contribution is 5.89. The standard InChI is InChI=1S/C9H12N2O8/c12-5(13)3-9(18,7(15)16)4-6(14)19-11-2-1-10-8(11)17/h18H,1-4H2,(H,10,17)(H,12,13)(H,15,16). The first kappa shape index (κ1) is 14.7. The highest BCUT2D eigenvalue weighted by Gasteiger charge is 2.42. The van der Waals surface area contributed by atoms with Crippen molar-refractivity contribution in [3.63, 3.8) is 0 Å². The summed E-state index contributed by atoms with van der Waals surface area (Å²) in [5.74, 6) is -4.67. The molecule has 1 unspecified atom stereocenters. The van der Waals surface area contributed by atoms with E-state index in [1.54, 1.807) is 0 Å². The average molecular weight is 276 g/mol. The number of carbonyl (C=O) groups excluding carboxylic acids is 2. The van der Waals surface area contributed by atoms with Crippen LogP contribution in [-0.4, -0.2) is 63.0 Å². The fraction of sp³-hybridized carbons (Fsp3) is 0.556. The van der Waals surface area contributed by atoms with Gasteiger partial charge in [-0.2, -0.15) is 5.06 Å². The lowest BCUT2D eigenvalue weighted by atomic mass is 9.96. The summed E-state index contributed by atoms with van der Waals surface area (Å²) in [6, 6.07) is -0.676. The zero-order chi connectivity index (χ0) is 14.6. The van der Waals surface area contributed by atoms with Gasteiger partial charge in [-0.3, -0.25) is 4.79 Å². The first-order valence-electron chi connectivity index (χ1n) is 5.18. The second-order valence-electron chi connectivity index (χ2n) is 3.88. The van der Waals surface area contributed by atoms with Crippen molar-refractivity contribution in [1.29, 1.82) is 0 Å². The number of amides is 2. The molecule has 106 valence electrons. The van der Waals surface area contributed by atoms with Gasteiger partial charge in [0, 0.05) is 6.54 Å². The fourth-order valence-electron chi connectivity index (χ4n) is 1.40. The van der Waals surface area contributed by atoms with E-state index in [1.807, 2.05) is 0 Å². The molecule has 1 rings (SSSR count). The van der Waals surface area contributed by atoms with Crippen LogP contribution in [0.5, 0.6) is 0 Å². The van der Waals surface area contributed by atoms with Gasteiger partial charge in [0.05, 0.1) is 19.4 Å². The summed E-state index contributed by atoms with van der Waals surface area (Å²) < 4.78 is 0. The van der Waals surface area contributed by atoms with Crippen molar-refractivity contribution in [3.05, 3.63) is 0 Å². The van der Waals surface area contributed by atoms with Gasteiger partial charge in [-0.25, -0.2) is 14.4 Å². The van der Waals surface area contributed by atoms with Crippen LogP contribution in [0.4, 0.5) is 4.79 Å². The topological polar surface area (TPSA) is 153 Å². The maximum Gasteiger partial charge on any atom is 0.350 e. The molecule has 0 aromatic rings. The number of aliphatic carboxylic acids is 2. The van der Waals surface area contributed by atoms with Crippen molar-refractivity contribution in [2.45, 2.75) is 18.4 Å². The lowest BCUT2D eigenvalue weighted by molar-refractivity contribution is -0.186. The van der Waals surface area contributed by atoms with Crippen molar-refractivity contribution in [2.24, 2.45) is 0 Å². The Morgan fingerprint density at radius 1 is 1.32 bits per heavy atom. The Morgan fingerprint density at radius 3 is 2.37 bits per heavy atom. The Labute approximate surface area is 106 Å². The summed E-state index contributed by atoms with van der Waals surface area (Å²) >= 11 is 0. The summed E-state index contributed by atoms with van der Waals surface area (Å²) in [5.41, 5.74) is -2.78. The minimum atomic E-state index is -2.78. The molecule has 0 spiro atoms. The number of carboxylic acids is 2. The Balaban J connectivity index is 2.63. The van der Waals surface area contributed by atoms with Crippen LogP contribution in [0.1, 0.15) is 12.8 Å². The molecule has 1 aliphatic heterocycles. The number of aliphatic hydroxyl groups is 1. The number of urea groups is 1. The first-order chi connectivity index (χ1) is 8.74. The summed E-state index contributed by atoms with van der Waals surface area (Å²) in [4.78, 5) is 48.2. The predicted molar refractivity (Wildman–Crippen MR) is 55.7 cm³/mol. The van der Waals surface area contributed by atoms with Gasteiger partial charge in [0.25, 0.3) is 0 Å². The van der Waals surface area contributed by atoms with Crippen molar-refractivity contribution < 1.29 is 39.3 Å². The smallest absolute Gasteiger partial charge is 0.350 e. The Bertz CT molecular complexity index is 422. The molecule has 1 aliphatic rings. The van der Waals surface area contributed by atoms with Crippen LogP contribution in [0.25, 0.3) is 0 Å². The molecule has 0 radical (unpaired) electrons. The Morgan fingerprint density at radius 2 is 1.95 bits per heavy atom. The molecule has 0 saturated carbocycles. The Hall–Kier alpha value is -2.36. The third-order valence-electron chi connectivity index (χ3n) is 2.31. The lowest BCUT2D eigenvalue weighted by Gasteiger charge is -2.21. The van der Waals surface area contributed by atoms with Crippen molar-refractivity contribution >= 4 is 23.9 Å². The second-order valence-corrected chi connectivity index (χ2v) is 3.88. The van der Waals surface area contributed by atoms with Crippen molar-refractivity contribution in [2.75, 3.05) is 13.1 Å². The average Bonchev–Trinajstić information content (AvgIpc) is 2.62. The summed E-state index contributed by atoms with van der Waals surface area (Å²) in [5, 5.41) is 29.8. The lowest BCUT2D eigenvalue weighted by Crippen LogP contribution is -2.44. The maximum absolute atomic E-state index is 11.4. The fourth-order valence-corrected chi connectivity index (χ4v) is 1.40. The van der Waals surface area contributed by atoms with Crippen LogP contribution in [0.2, 0.25) is 0 Å². The van der Waals surface area contributed by atoms with Gasteiger partial charge in [0.1, 0.15) is 0 Å². The number of carboxylic acid groups (broad SMARTS) is 2. The number of carbonyl (C=O) groups is 4. The SMILES string of the molecule is O=C(O)CC(O)(CC(=O)ON1CCNC1=O)C(=O)O. The molecule has 0 aromatic heterocycles. The number of hydrogen-bond acceptors (Lipinski definition) is 6. The van der Waals surface area contributed by atoms with Crippen molar-refractivity contribution in [1.82, 2.24) is 10.4 Å². The van der Waals surface area contributed by atoms with Crippen LogP contribution < -0.4 is 5.32 Å². The molecule has 1 fully saturated rings. The van der Waals surface area contributed by atoms with Crippen LogP contribution in [0.15, 0.2) is 0 Å². The monoisotopic (exact) mass is 276 g/mol. The van der Waals surface area contributed by atoms with Gasteiger partial charge >= 0.3 is 23.9 Å². The maximum atomic E-state index is 11.4. The van der Waals surface area contributed by atoms with E-state index in [2.05, 4.69) is 10.2 Å². The van der Waals surface area contributed by atoms with E-state index in [4.69, 9.17) is 10.2 Å². The minimum Gasteiger partial charge on any atom is -0.481 e. The number of nitrogens with one attached hydrogen (secondary N) is 1. The van der Waals surface area contributed by atoms with Gasteiger partial charge in [0.15, 0.2) is 5.60 Å². The number of hydroxylamine groups is 2. The minimum absolute atomic E-state index is 0.0784. The van der Waals surface area contributed by atoms with Gasteiger partial charge < -0.3 is 25.5 Å². The third-order valence-corrected chi connectivity index (χ3v) is 2.31. The molecular weight excluding hydrogens is 264 g/mol. The van der Waals surface area contributed by atoms with Gasteiger partial charge in [-0.15, -0.1) is 0 Å². The van der Waals surface area contributed by atoms with E-state index in [1.165, 1.54) is 0 Å². The third kappa shape index (κ3) is 3.81. The van der Waals surface area contributed by atoms with Gasteiger partial charge in [-0.1, -0.05) is 0 Å². The molecule has 4 N–H and O–H groups in total. The van der Waals surface area contributed by atoms with E-state index in [-0.39, 0.29) is 13.1 Å². The van der Waals surface area contributed by atoms with Crippen LogP contribution in [0, 0.1) is 0 Å². The van der Waals surface area contributed by atoms with E-state index in [0.717, 1.165) is 0 Å². The molecule has 1 saturated heterocycles. The van der Waals surface area contributed by atoms with Crippen LogP contribution in [-0.2, 0) is 19.2 Å². The summed E-state index contributed by atoms with van der Waals surface area (Å²) in [6.07, 6.45) is -2.25. The van der Waals surface area contributed by atoms with E-state index in [9.17, 15) is 24.3 Å². The highest BCUT2D eigenvalue weighted by atomic mass is 16.7. The molecule has 19 heavy (non-hydrogen) atoms. The molecule has 2 amide bonds. The van der Waals surface area contributed by atoms with E-state index >= 15 is 0 Å². The van der Waals surface area contributed by atoms with E-state index < -0.39 is 42.4 Å². The predicted octanol–water partition coefficient (Wildman–Crippen LogP) is -1.85. The van der Waals surface area contributed by atoms with Gasteiger partial charge in [-0.05, 0) is 0 Å². The zero-order valence-corrected chi connectivity index (χ0v) is 9.66. The molecule has 10 nitrogen and oxygen atoms in total. The van der Waals surface area contributed by atoms with Gasteiger partial charge in [0.2, 0.25) is 0 Å². The first-order valence-corrected chi connectivity index (χ1v) is 5.18. The normalized spacial score (nSPS) is 17.5. The molecule has 0 aromatic carbocycles. The highest BCUT2D eigenvalue weighted by Crippen LogP contribution is 2.17. The number of rotatable bonds is 6. The van der Waals surface area contributed by atoms with E-state index in [0.29, 0.717) is 5.06 Å². The zero-order valence-electron chi connectivity index (χ0n) is 9.66. The largest absolute Gasteiger partial charge is 0.481 e. The van der Waals surface area contributed by atoms with Crippen LogP contribution in [0.3, 0.4) is 0 Å².